The van der Waals surface area contributed by atoms with Crippen molar-refractivity contribution in [1.82, 2.24) is 14.3 Å². The Morgan fingerprint density at radius 1 is 1.22 bits per heavy atom. The van der Waals surface area contributed by atoms with Crippen LogP contribution in [-0.2, 0) is 4.79 Å². The molecule has 1 N–H and O–H groups in total. The molecule has 0 saturated heterocycles. The van der Waals surface area contributed by atoms with Gasteiger partial charge in [-0.2, -0.15) is 9.98 Å². The average Bonchev–Trinajstić information content (AvgIpc) is 3.04. The average molecular weight is 304 g/mol. The molecule has 6 nitrogen and oxygen atoms in total. The van der Waals surface area contributed by atoms with Gasteiger partial charge in [0.1, 0.15) is 22.9 Å². The zero-order chi connectivity index (χ0) is 15.8. The van der Waals surface area contributed by atoms with Crippen molar-refractivity contribution in [3.63, 3.8) is 0 Å². The number of aromatic hydroxyl groups is 1. The molecule has 2 aromatic rings. The normalized spacial score (nSPS) is 18.4. The number of hydrogen-bond donors (Lipinski definition) is 1. The standard InChI is InChI=1S/C17H12N4O2/c22-16-12(20-10-3-1-8-14(20)18-16)6-5-7-13-17(23)19-15-9-2-4-11-21(13)15/h1-11,22H. The third kappa shape index (κ3) is 2.17. The minimum Gasteiger partial charge on any atom is -0.492 e. The van der Waals surface area contributed by atoms with Gasteiger partial charge in [0.2, 0.25) is 5.88 Å². The van der Waals surface area contributed by atoms with Gasteiger partial charge in [0, 0.05) is 12.4 Å². The fourth-order valence-corrected chi connectivity index (χ4v) is 2.53. The summed E-state index contributed by atoms with van der Waals surface area (Å²) < 4.78 is 1.77. The third-order valence-corrected chi connectivity index (χ3v) is 3.59. The van der Waals surface area contributed by atoms with Crippen molar-refractivity contribution < 1.29 is 9.90 Å². The van der Waals surface area contributed by atoms with Gasteiger partial charge < -0.3 is 5.11 Å². The van der Waals surface area contributed by atoms with E-state index in [4.69, 9.17) is 0 Å². The van der Waals surface area contributed by atoms with Gasteiger partial charge in [-0.25, -0.2) is 0 Å². The summed E-state index contributed by atoms with van der Waals surface area (Å²) in [6, 6.07) is 5.51. The lowest BCUT2D eigenvalue weighted by molar-refractivity contribution is -0.114. The van der Waals surface area contributed by atoms with Crippen LogP contribution in [0.2, 0.25) is 0 Å². The van der Waals surface area contributed by atoms with Gasteiger partial charge in [0.15, 0.2) is 0 Å². The number of rotatable bonds is 2. The van der Waals surface area contributed by atoms with Crippen LogP contribution in [0.3, 0.4) is 0 Å². The van der Waals surface area contributed by atoms with Gasteiger partial charge in [-0.15, -0.1) is 0 Å². The highest BCUT2D eigenvalue weighted by atomic mass is 16.3. The Hall–Kier alpha value is -3.41. The molecule has 0 aliphatic carbocycles. The molecule has 0 bridgehead atoms. The smallest absolute Gasteiger partial charge is 0.295 e. The van der Waals surface area contributed by atoms with Crippen molar-refractivity contribution in [3.05, 3.63) is 72.4 Å². The Morgan fingerprint density at radius 3 is 3.04 bits per heavy atom. The molecule has 4 heterocycles. The number of fused-ring (bicyclic) bond motifs is 2. The maximum absolute atomic E-state index is 11.9. The topological polar surface area (TPSA) is 70.2 Å². The summed E-state index contributed by atoms with van der Waals surface area (Å²) in [7, 11) is 0. The SMILES string of the molecule is O=C1N=C2C=CC=CN2C1=CC=Cc1c(O)nc2ccccn12. The van der Waals surface area contributed by atoms with Gasteiger partial charge in [-0.05, 0) is 36.4 Å². The van der Waals surface area contributed by atoms with Gasteiger partial charge in [-0.1, -0.05) is 18.2 Å². The highest BCUT2D eigenvalue weighted by Crippen LogP contribution is 2.22. The van der Waals surface area contributed by atoms with Crippen LogP contribution in [0.15, 0.2) is 71.7 Å². The van der Waals surface area contributed by atoms with Crippen LogP contribution in [0, 0.1) is 0 Å². The number of hydrogen-bond acceptors (Lipinski definition) is 4. The number of imidazole rings is 1. The van der Waals surface area contributed by atoms with E-state index in [1.165, 1.54) is 0 Å². The Morgan fingerprint density at radius 2 is 2.13 bits per heavy atom. The first-order chi connectivity index (χ1) is 11.2. The van der Waals surface area contributed by atoms with Gasteiger partial charge in [-0.3, -0.25) is 14.1 Å². The molecule has 2 aliphatic heterocycles. The molecule has 112 valence electrons. The van der Waals surface area contributed by atoms with E-state index in [0.29, 0.717) is 22.9 Å². The molecular formula is C17H12N4O2. The lowest BCUT2D eigenvalue weighted by atomic mass is 10.3. The van der Waals surface area contributed by atoms with E-state index < -0.39 is 0 Å². The summed E-state index contributed by atoms with van der Waals surface area (Å²) in [6.07, 6.45) is 14.1. The fraction of sp³-hybridized carbons (Fsp3) is 0. The van der Waals surface area contributed by atoms with Crippen molar-refractivity contribution in [2.45, 2.75) is 0 Å². The minimum absolute atomic E-state index is 0.0543. The lowest BCUT2D eigenvalue weighted by Gasteiger charge is -2.15. The third-order valence-electron chi connectivity index (χ3n) is 3.59. The van der Waals surface area contributed by atoms with Crippen LogP contribution in [0.25, 0.3) is 11.7 Å². The lowest BCUT2D eigenvalue weighted by Crippen LogP contribution is -2.20. The molecule has 0 radical (unpaired) electrons. The van der Waals surface area contributed by atoms with E-state index in [0.717, 1.165) is 0 Å². The van der Waals surface area contributed by atoms with Gasteiger partial charge in [0.25, 0.3) is 5.91 Å². The molecule has 1 amide bonds. The molecule has 2 aromatic heterocycles. The number of carbonyl (C=O) groups excluding carboxylic acids is 1. The Kier molecular flexibility index (Phi) is 2.94. The summed E-state index contributed by atoms with van der Waals surface area (Å²) in [6.45, 7) is 0. The first-order valence-electron chi connectivity index (χ1n) is 7.05. The fourth-order valence-electron chi connectivity index (χ4n) is 2.53. The van der Waals surface area contributed by atoms with E-state index in [9.17, 15) is 9.90 Å². The number of carbonyl (C=O) groups is 1. The Bertz CT molecular complexity index is 960. The molecule has 0 unspecified atom stereocenters. The quantitative estimate of drug-likeness (QED) is 0.864. The molecule has 0 saturated carbocycles. The number of amidine groups is 1. The molecule has 0 spiro atoms. The predicted molar refractivity (Wildman–Crippen MR) is 86.5 cm³/mol. The van der Waals surface area contributed by atoms with Crippen molar-refractivity contribution in [2.75, 3.05) is 0 Å². The van der Waals surface area contributed by atoms with Crippen LogP contribution in [0.4, 0.5) is 0 Å². The summed E-state index contributed by atoms with van der Waals surface area (Å²) >= 11 is 0. The molecular weight excluding hydrogens is 292 g/mol. The summed E-state index contributed by atoms with van der Waals surface area (Å²) in [5.41, 5.74) is 1.67. The zero-order valence-electron chi connectivity index (χ0n) is 12.0. The van der Waals surface area contributed by atoms with E-state index in [-0.39, 0.29) is 11.8 Å². The summed E-state index contributed by atoms with van der Waals surface area (Å²) in [4.78, 5) is 21.7. The number of amides is 1. The molecule has 2 aliphatic rings. The molecule has 6 heteroatoms. The van der Waals surface area contributed by atoms with Crippen molar-refractivity contribution >= 4 is 23.5 Å². The highest BCUT2D eigenvalue weighted by Gasteiger charge is 2.26. The first-order valence-corrected chi connectivity index (χ1v) is 7.05. The first kappa shape index (κ1) is 13.3. The number of allylic oxidation sites excluding steroid dienone is 4. The second-order valence-corrected chi connectivity index (χ2v) is 5.01. The highest BCUT2D eigenvalue weighted by molar-refractivity contribution is 6.15. The van der Waals surface area contributed by atoms with Crippen molar-refractivity contribution in [2.24, 2.45) is 4.99 Å². The largest absolute Gasteiger partial charge is 0.492 e. The molecule has 0 fully saturated rings. The van der Waals surface area contributed by atoms with Crippen LogP contribution < -0.4 is 0 Å². The Labute approximate surface area is 131 Å². The number of aliphatic imine (C=N–C) groups is 1. The zero-order valence-corrected chi connectivity index (χ0v) is 12.0. The van der Waals surface area contributed by atoms with Crippen LogP contribution in [0.5, 0.6) is 5.88 Å². The minimum atomic E-state index is -0.289. The predicted octanol–water partition coefficient (Wildman–Crippen LogP) is 2.26. The summed E-state index contributed by atoms with van der Waals surface area (Å²) in [5.74, 6) is 0.263. The van der Waals surface area contributed by atoms with E-state index in [1.54, 1.807) is 45.9 Å². The van der Waals surface area contributed by atoms with Gasteiger partial charge >= 0.3 is 0 Å². The van der Waals surface area contributed by atoms with E-state index in [1.807, 2.05) is 30.5 Å². The van der Waals surface area contributed by atoms with Crippen LogP contribution in [-0.4, -0.2) is 31.1 Å². The van der Waals surface area contributed by atoms with E-state index >= 15 is 0 Å². The number of aromatic nitrogens is 2. The second kappa shape index (κ2) is 5.10. The summed E-state index contributed by atoms with van der Waals surface area (Å²) in [5, 5.41) is 9.94. The Balaban J connectivity index is 1.67. The molecule has 0 atom stereocenters. The molecule has 4 rings (SSSR count). The maximum atomic E-state index is 11.9. The molecule has 0 aromatic carbocycles. The number of nitrogens with zero attached hydrogens (tertiary/aromatic N) is 4. The van der Waals surface area contributed by atoms with Crippen molar-refractivity contribution in [1.29, 1.82) is 0 Å². The monoisotopic (exact) mass is 304 g/mol. The van der Waals surface area contributed by atoms with Gasteiger partial charge in [0.05, 0.1) is 0 Å². The van der Waals surface area contributed by atoms with Crippen LogP contribution in [0.1, 0.15) is 5.69 Å². The second-order valence-electron chi connectivity index (χ2n) is 5.01. The molecule has 23 heavy (non-hydrogen) atoms. The van der Waals surface area contributed by atoms with E-state index in [2.05, 4.69) is 9.98 Å². The maximum Gasteiger partial charge on any atom is 0.295 e. The number of pyridine rings is 1. The van der Waals surface area contributed by atoms with Crippen LogP contribution >= 0.6 is 0 Å². The van der Waals surface area contributed by atoms with Crippen molar-refractivity contribution in [3.8, 4) is 5.88 Å².